The largest absolute Gasteiger partial charge is 0.396 e. The molecular formula is C28H41N3O5. The van der Waals surface area contributed by atoms with E-state index in [-0.39, 0.29) is 24.3 Å². The van der Waals surface area contributed by atoms with E-state index < -0.39 is 34.6 Å². The molecule has 0 aliphatic carbocycles. The number of unbranched alkanes of at least 4 members (excludes halogenated alkanes) is 3. The maximum Gasteiger partial charge on any atom is 0.246 e. The molecule has 3 fully saturated rings. The van der Waals surface area contributed by atoms with Crippen LogP contribution in [0.25, 0.3) is 0 Å². The molecule has 1 aromatic rings. The van der Waals surface area contributed by atoms with Gasteiger partial charge < -0.3 is 25.4 Å². The minimum absolute atomic E-state index is 0.148. The molecule has 1 spiro atoms. The maximum absolute atomic E-state index is 14.0. The molecule has 2 bridgehead atoms. The number of hydrogen-bond donors (Lipinski definition) is 3. The second-order valence-electron chi connectivity index (χ2n) is 11.6. The van der Waals surface area contributed by atoms with Gasteiger partial charge in [0.05, 0.1) is 17.4 Å². The molecule has 0 radical (unpaired) electrons. The summed E-state index contributed by atoms with van der Waals surface area (Å²) in [6.07, 6.45) is 4.99. The monoisotopic (exact) mass is 499 g/mol. The van der Waals surface area contributed by atoms with E-state index in [0.29, 0.717) is 31.5 Å². The van der Waals surface area contributed by atoms with Crippen LogP contribution in [0, 0.1) is 11.8 Å². The molecule has 2 unspecified atom stereocenters. The number of benzene rings is 1. The third-order valence-corrected chi connectivity index (χ3v) is 8.06. The summed E-state index contributed by atoms with van der Waals surface area (Å²) in [5.41, 5.74) is -1.55. The molecule has 0 saturated carbocycles. The first-order chi connectivity index (χ1) is 17.1. The molecule has 0 aromatic heterocycles. The summed E-state index contributed by atoms with van der Waals surface area (Å²) in [5.74, 6) is -1.95. The van der Waals surface area contributed by atoms with Crippen LogP contribution in [0.5, 0.6) is 0 Å². The Balaban J connectivity index is 1.67. The first-order valence-electron chi connectivity index (χ1n) is 13.4. The highest BCUT2D eigenvalue weighted by atomic mass is 16.5. The van der Waals surface area contributed by atoms with Gasteiger partial charge in [-0.1, -0.05) is 38.0 Å². The van der Waals surface area contributed by atoms with Crippen molar-refractivity contribution in [3.63, 3.8) is 0 Å². The predicted octanol–water partition coefficient (Wildman–Crippen LogP) is 3.25. The number of aliphatic hydroxyl groups is 1. The zero-order valence-electron chi connectivity index (χ0n) is 22.0. The summed E-state index contributed by atoms with van der Waals surface area (Å²) in [5, 5.41) is 15.2. The Hall–Kier alpha value is -2.45. The van der Waals surface area contributed by atoms with Crippen LogP contribution in [0.15, 0.2) is 30.3 Å². The van der Waals surface area contributed by atoms with Crippen LogP contribution in [-0.2, 0) is 19.1 Å². The summed E-state index contributed by atoms with van der Waals surface area (Å²) < 4.78 is 6.77. The van der Waals surface area contributed by atoms with Gasteiger partial charge in [-0.3, -0.25) is 14.4 Å². The average molecular weight is 500 g/mol. The third kappa shape index (κ3) is 4.65. The number of nitrogens with zero attached hydrogens (tertiary/aromatic N) is 1. The molecule has 3 heterocycles. The highest BCUT2D eigenvalue weighted by molar-refractivity contribution is 6.02. The van der Waals surface area contributed by atoms with E-state index in [9.17, 15) is 14.4 Å². The van der Waals surface area contributed by atoms with E-state index in [4.69, 9.17) is 9.84 Å². The van der Waals surface area contributed by atoms with Crippen LogP contribution in [-0.4, -0.2) is 63.7 Å². The van der Waals surface area contributed by atoms with Gasteiger partial charge in [0, 0.05) is 24.4 Å². The first-order valence-corrected chi connectivity index (χ1v) is 13.4. The van der Waals surface area contributed by atoms with E-state index in [2.05, 4.69) is 10.6 Å². The van der Waals surface area contributed by atoms with Crippen LogP contribution in [0.3, 0.4) is 0 Å². The number of ether oxygens (including phenoxy) is 1. The minimum Gasteiger partial charge on any atom is -0.396 e. The number of rotatable bonds is 10. The quantitative estimate of drug-likeness (QED) is 0.429. The fraction of sp³-hybridized carbons (Fsp3) is 0.679. The lowest BCUT2D eigenvalue weighted by molar-refractivity contribution is -0.147. The molecule has 1 aromatic carbocycles. The number of amides is 3. The van der Waals surface area contributed by atoms with Crippen LogP contribution >= 0.6 is 0 Å². The predicted molar refractivity (Wildman–Crippen MR) is 137 cm³/mol. The van der Waals surface area contributed by atoms with Crippen LogP contribution < -0.4 is 10.6 Å². The molecule has 198 valence electrons. The van der Waals surface area contributed by atoms with Crippen LogP contribution in [0.4, 0.5) is 5.69 Å². The van der Waals surface area contributed by atoms with Gasteiger partial charge in [-0.2, -0.15) is 0 Å². The van der Waals surface area contributed by atoms with Gasteiger partial charge in [0.25, 0.3) is 0 Å². The number of carbonyl (C=O) groups is 3. The number of anilines is 1. The molecule has 5 atom stereocenters. The lowest BCUT2D eigenvalue weighted by atomic mass is 9.65. The highest BCUT2D eigenvalue weighted by Crippen LogP contribution is 2.64. The van der Waals surface area contributed by atoms with Crippen molar-refractivity contribution < 1.29 is 24.2 Å². The second-order valence-corrected chi connectivity index (χ2v) is 11.6. The first kappa shape index (κ1) is 26.6. The summed E-state index contributed by atoms with van der Waals surface area (Å²) in [7, 11) is 0. The Morgan fingerprint density at radius 3 is 2.42 bits per heavy atom. The Labute approximate surface area is 214 Å². The lowest BCUT2D eigenvalue weighted by Crippen LogP contribution is -2.58. The number of fused-ring (bicyclic) bond motifs is 1. The zero-order chi connectivity index (χ0) is 26.1. The van der Waals surface area contributed by atoms with Gasteiger partial charge in [0.15, 0.2) is 0 Å². The summed E-state index contributed by atoms with van der Waals surface area (Å²) in [4.78, 5) is 43.2. The van der Waals surface area contributed by atoms with Crippen molar-refractivity contribution in [1.82, 2.24) is 10.2 Å². The second kappa shape index (κ2) is 10.1. The van der Waals surface area contributed by atoms with Crippen molar-refractivity contribution in [3.05, 3.63) is 30.3 Å². The van der Waals surface area contributed by atoms with Gasteiger partial charge in [-0.25, -0.2) is 0 Å². The van der Waals surface area contributed by atoms with Crippen molar-refractivity contribution in [2.45, 2.75) is 95.4 Å². The topological polar surface area (TPSA) is 108 Å². The standard InChI is InChI=1S/C28H41N3O5/c1-5-27-15-16-28(36-27)21(20(27)23(33)29-19-13-9-8-10-14-19)25(35)31(17-11-6-7-12-18-32)22(28)24(34)30-26(2,3)4/h8-10,13-14,20-22,32H,5-7,11-12,15-18H2,1-4H3,(H,29,33)(H,30,34)/t20-,21+,22?,27+,28?/m1/s1. The molecule has 4 rings (SSSR count). The van der Waals surface area contributed by atoms with Gasteiger partial charge in [0.2, 0.25) is 17.7 Å². The molecule has 3 amide bonds. The van der Waals surface area contributed by atoms with Crippen molar-refractivity contribution in [2.24, 2.45) is 11.8 Å². The fourth-order valence-corrected chi connectivity index (χ4v) is 6.58. The van der Waals surface area contributed by atoms with E-state index in [0.717, 1.165) is 25.7 Å². The van der Waals surface area contributed by atoms with E-state index >= 15 is 0 Å². The van der Waals surface area contributed by atoms with Crippen molar-refractivity contribution in [2.75, 3.05) is 18.5 Å². The molecule has 3 saturated heterocycles. The normalized spacial score (nSPS) is 31.0. The minimum atomic E-state index is -1.01. The van der Waals surface area contributed by atoms with E-state index in [1.165, 1.54) is 0 Å². The molecule has 3 aliphatic rings. The fourth-order valence-electron chi connectivity index (χ4n) is 6.58. The average Bonchev–Trinajstić information content (AvgIpc) is 3.42. The zero-order valence-corrected chi connectivity index (χ0v) is 22.0. The number of hydrogen-bond acceptors (Lipinski definition) is 5. The SMILES string of the molecule is CC[C@@]12CCC3(O1)C(C(=O)NC(C)(C)C)N(CCCCCCO)C(=O)[C@@H]3[C@@H]2C(=O)Nc1ccccc1. The van der Waals surface area contributed by atoms with Crippen LogP contribution in [0.1, 0.15) is 72.6 Å². The summed E-state index contributed by atoms with van der Waals surface area (Å²) >= 11 is 0. The summed E-state index contributed by atoms with van der Waals surface area (Å²) in [6.45, 7) is 8.35. The molecule has 3 N–H and O–H groups in total. The maximum atomic E-state index is 14.0. The van der Waals surface area contributed by atoms with Gasteiger partial charge in [-0.05, 0) is 65.0 Å². The van der Waals surface area contributed by atoms with Crippen molar-refractivity contribution >= 4 is 23.4 Å². The number of carbonyl (C=O) groups excluding carboxylic acids is 3. The number of aliphatic hydroxyl groups excluding tert-OH is 1. The van der Waals surface area contributed by atoms with E-state index in [1.54, 1.807) is 4.90 Å². The smallest absolute Gasteiger partial charge is 0.246 e. The number of likely N-dealkylation sites (tertiary alicyclic amines) is 1. The highest BCUT2D eigenvalue weighted by Gasteiger charge is 2.78. The van der Waals surface area contributed by atoms with Gasteiger partial charge in [-0.15, -0.1) is 0 Å². The Kier molecular flexibility index (Phi) is 7.49. The Bertz CT molecular complexity index is 977. The Morgan fingerprint density at radius 1 is 1.08 bits per heavy atom. The van der Waals surface area contributed by atoms with Crippen molar-refractivity contribution in [1.29, 1.82) is 0 Å². The molecule has 8 nitrogen and oxygen atoms in total. The van der Waals surface area contributed by atoms with E-state index in [1.807, 2.05) is 58.0 Å². The van der Waals surface area contributed by atoms with Crippen molar-refractivity contribution in [3.8, 4) is 0 Å². The van der Waals surface area contributed by atoms with Gasteiger partial charge >= 0.3 is 0 Å². The van der Waals surface area contributed by atoms with Gasteiger partial charge in [0.1, 0.15) is 11.6 Å². The third-order valence-electron chi connectivity index (χ3n) is 8.06. The lowest BCUT2D eigenvalue weighted by Gasteiger charge is -2.35. The molecule has 3 aliphatic heterocycles. The molecule has 36 heavy (non-hydrogen) atoms. The summed E-state index contributed by atoms with van der Waals surface area (Å²) in [6, 6.07) is 8.49. The number of nitrogens with one attached hydrogen (secondary N) is 2. The molecule has 8 heteroatoms. The van der Waals surface area contributed by atoms with Crippen LogP contribution in [0.2, 0.25) is 0 Å². The molecular weight excluding hydrogens is 458 g/mol. The number of para-hydroxylation sites is 1. The Morgan fingerprint density at radius 2 is 1.78 bits per heavy atom.